The summed E-state index contributed by atoms with van der Waals surface area (Å²) < 4.78 is 27.3. The highest BCUT2D eigenvalue weighted by Gasteiger charge is 2.24. The van der Waals surface area contributed by atoms with Crippen LogP contribution in [0.4, 0.5) is 0 Å². The number of hydrogen-bond acceptors (Lipinski definition) is 3. The molecule has 0 N–H and O–H groups in total. The molecule has 0 atom stereocenters. The summed E-state index contributed by atoms with van der Waals surface area (Å²) in [6.07, 6.45) is 0. The van der Waals surface area contributed by atoms with Crippen molar-refractivity contribution in [2.24, 2.45) is 0 Å². The van der Waals surface area contributed by atoms with Crippen LogP contribution in [0.3, 0.4) is 0 Å². The number of furan rings is 3. The van der Waals surface area contributed by atoms with Crippen molar-refractivity contribution < 1.29 is 13.3 Å². The first-order valence-corrected chi connectivity index (χ1v) is 26.6. The fourth-order valence-electron chi connectivity index (χ4n) is 13.2. The Bertz CT molecular complexity index is 5450. The zero-order valence-corrected chi connectivity index (χ0v) is 41.7. The third-order valence-electron chi connectivity index (χ3n) is 16.6. The molecule has 362 valence electrons. The second-order valence-corrected chi connectivity index (χ2v) is 20.8. The summed E-state index contributed by atoms with van der Waals surface area (Å²) in [6.45, 7) is 0. The van der Waals surface area contributed by atoms with E-state index < -0.39 is 0 Å². The van der Waals surface area contributed by atoms with Gasteiger partial charge in [0, 0.05) is 70.9 Å². The van der Waals surface area contributed by atoms with Crippen LogP contribution in [0.2, 0.25) is 0 Å². The van der Waals surface area contributed by atoms with Gasteiger partial charge in [-0.1, -0.05) is 121 Å². The molecule has 0 saturated carbocycles. The van der Waals surface area contributed by atoms with Crippen molar-refractivity contribution in [1.29, 1.82) is 0 Å². The minimum absolute atomic E-state index is 0.873. The highest BCUT2D eigenvalue weighted by molar-refractivity contribution is 6.29. The number of fused-ring (bicyclic) bond motifs is 20. The van der Waals surface area contributed by atoms with Crippen LogP contribution < -0.4 is 0 Å². The van der Waals surface area contributed by atoms with E-state index >= 15 is 0 Å². The molecule has 0 spiro atoms. The number of benzene rings is 12. The summed E-state index contributed by atoms with van der Waals surface area (Å²) in [6, 6.07) is 89.7. The molecule has 78 heavy (non-hydrogen) atoms. The van der Waals surface area contributed by atoms with Gasteiger partial charge in [0.25, 0.3) is 0 Å². The number of hydrogen-bond donors (Lipinski definition) is 0. The zero-order chi connectivity index (χ0) is 50.7. The molecule has 6 heterocycles. The third-order valence-corrected chi connectivity index (χ3v) is 16.6. The Hall–Kier alpha value is -10.6. The first-order valence-electron chi connectivity index (χ1n) is 26.6. The third kappa shape index (κ3) is 5.75. The lowest BCUT2D eigenvalue weighted by Gasteiger charge is -2.14. The Morgan fingerprint density at radius 2 is 0.641 bits per heavy atom. The summed E-state index contributed by atoms with van der Waals surface area (Å²) in [7, 11) is 0. The lowest BCUT2D eigenvalue weighted by molar-refractivity contribution is 0.668. The van der Waals surface area contributed by atoms with E-state index in [9.17, 15) is 0 Å². The van der Waals surface area contributed by atoms with Gasteiger partial charge in [0.15, 0.2) is 0 Å². The fraction of sp³-hybridized carbons (Fsp3) is 0. The van der Waals surface area contributed by atoms with Crippen LogP contribution in [0, 0.1) is 0 Å². The molecule has 0 saturated heterocycles. The molecule has 0 bridgehead atoms. The zero-order valence-electron chi connectivity index (χ0n) is 41.7. The van der Waals surface area contributed by atoms with Crippen molar-refractivity contribution in [3.8, 4) is 39.3 Å². The normalized spacial score (nSPS) is 12.4. The maximum absolute atomic E-state index is 7.45. The predicted octanol–water partition coefficient (Wildman–Crippen LogP) is 20.0. The Labute approximate surface area is 444 Å². The van der Waals surface area contributed by atoms with Crippen LogP contribution in [0.5, 0.6) is 0 Å². The van der Waals surface area contributed by atoms with Crippen LogP contribution in [0.1, 0.15) is 0 Å². The second-order valence-electron chi connectivity index (χ2n) is 20.8. The number of nitrogens with zero attached hydrogens (tertiary/aromatic N) is 3. The van der Waals surface area contributed by atoms with Gasteiger partial charge in [-0.3, -0.25) is 0 Å². The Kier molecular flexibility index (Phi) is 8.30. The summed E-state index contributed by atoms with van der Waals surface area (Å²) in [5.41, 5.74) is 19.7. The first kappa shape index (κ1) is 41.8. The topological polar surface area (TPSA) is 54.2 Å². The van der Waals surface area contributed by atoms with Gasteiger partial charge in [-0.2, -0.15) is 0 Å². The maximum atomic E-state index is 7.45. The highest BCUT2D eigenvalue weighted by atomic mass is 16.3. The average Bonchev–Trinajstić information content (AvgIpc) is 4.54. The smallest absolute Gasteiger partial charge is 0.145 e. The van der Waals surface area contributed by atoms with Crippen molar-refractivity contribution in [2.45, 2.75) is 0 Å². The molecule has 6 heteroatoms. The molecular formula is C72H41N3O3. The summed E-state index contributed by atoms with van der Waals surface area (Å²) in [4.78, 5) is 0. The lowest BCUT2D eigenvalue weighted by atomic mass is 9.96. The van der Waals surface area contributed by atoms with E-state index in [0.29, 0.717) is 0 Å². The molecular weight excluding hydrogens is 955 g/mol. The van der Waals surface area contributed by atoms with E-state index in [0.717, 1.165) is 149 Å². The quantitative estimate of drug-likeness (QED) is 0.173. The van der Waals surface area contributed by atoms with Crippen LogP contribution in [0.25, 0.3) is 171 Å². The lowest BCUT2D eigenvalue weighted by Crippen LogP contribution is -1.96. The molecule has 6 aromatic heterocycles. The second kappa shape index (κ2) is 15.5. The molecule has 0 aliphatic carbocycles. The van der Waals surface area contributed by atoms with Crippen molar-refractivity contribution >= 4 is 131 Å². The molecule has 6 nitrogen and oxygen atoms in total. The largest absolute Gasteiger partial charge is 0.456 e. The molecule has 12 aromatic carbocycles. The average molecular weight is 996 g/mol. The Morgan fingerprint density at radius 1 is 0.205 bits per heavy atom. The van der Waals surface area contributed by atoms with Crippen LogP contribution in [-0.4, -0.2) is 13.7 Å². The van der Waals surface area contributed by atoms with Crippen LogP contribution in [0.15, 0.2) is 262 Å². The van der Waals surface area contributed by atoms with E-state index in [1.165, 1.54) is 21.8 Å². The molecule has 0 amide bonds. The molecule has 0 aliphatic heterocycles. The van der Waals surface area contributed by atoms with Gasteiger partial charge < -0.3 is 27.0 Å². The highest BCUT2D eigenvalue weighted by Crippen LogP contribution is 2.47. The van der Waals surface area contributed by atoms with Gasteiger partial charge in [-0.25, -0.2) is 0 Å². The minimum Gasteiger partial charge on any atom is -0.456 e. The monoisotopic (exact) mass is 995 g/mol. The Balaban J connectivity index is 0.864. The summed E-state index contributed by atoms with van der Waals surface area (Å²) >= 11 is 0. The van der Waals surface area contributed by atoms with Crippen molar-refractivity contribution in [3.63, 3.8) is 0 Å². The molecule has 0 aliphatic rings. The predicted molar refractivity (Wildman–Crippen MR) is 322 cm³/mol. The molecule has 0 unspecified atom stereocenters. The molecule has 0 radical (unpaired) electrons. The van der Waals surface area contributed by atoms with Crippen LogP contribution >= 0.6 is 0 Å². The van der Waals surface area contributed by atoms with E-state index in [4.69, 9.17) is 13.3 Å². The Morgan fingerprint density at radius 3 is 1.22 bits per heavy atom. The van der Waals surface area contributed by atoms with E-state index in [1.807, 2.05) is 24.3 Å². The summed E-state index contributed by atoms with van der Waals surface area (Å²) in [5, 5.41) is 13.5. The maximum Gasteiger partial charge on any atom is 0.145 e. The van der Waals surface area contributed by atoms with E-state index in [-0.39, 0.29) is 0 Å². The first-order chi connectivity index (χ1) is 38.7. The number of para-hydroxylation sites is 6. The van der Waals surface area contributed by atoms with E-state index in [1.54, 1.807) is 0 Å². The SMILES string of the molecule is c1ccc(-n2c3ccccc3c3cc(-n4c5ccccc5c5c6oc7c(ccc8c7c7ccccc7n8-c7cc(-c8ccc9oc%10ccccc%10c9c8)cc(-c8ccc9oc%10ccccc%10c9c8)c7)c6ccc54)ccc32)cc1. The molecule has 18 aromatic rings. The number of rotatable bonds is 5. The molecule has 0 fully saturated rings. The van der Waals surface area contributed by atoms with Gasteiger partial charge in [0.1, 0.15) is 33.5 Å². The van der Waals surface area contributed by atoms with Gasteiger partial charge in [-0.05, 0) is 150 Å². The van der Waals surface area contributed by atoms with Crippen LogP contribution in [-0.2, 0) is 0 Å². The van der Waals surface area contributed by atoms with Crippen molar-refractivity contribution in [2.75, 3.05) is 0 Å². The molecule has 18 rings (SSSR count). The number of aromatic nitrogens is 3. The van der Waals surface area contributed by atoms with Crippen molar-refractivity contribution in [1.82, 2.24) is 13.7 Å². The summed E-state index contributed by atoms with van der Waals surface area (Å²) in [5.74, 6) is 0. The van der Waals surface area contributed by atoms with Gasteiger partial charge >= 0.3 is 0 Å². The van der Waals surface area contributed by atoms with Gasteiger partial charge in [-0.15, -0.1) is 0 Å². The van der Waals surface area contributed by atoms with Gasteiger partial charge in [0.2, 0.25) is 0 Å². The van der Waals surface area contributed by atoms with Crippen molar-refractivity contribution in [3.05, 3.63) is 249 Å². The minimum atomic E-state index is 0.873. The van der Waals surface area contributed by atoms with Gasteiger partial charge in [0.05, 0.1) is 43.9 Å². The van der Waals surface area contributed by atoms with E-state index in [2.05, 4.69) is 238 Å². The standard InChI is InChI=1S/C72H41N3O3/c1-2-14-46(15-3-1)73-59-21-9-4-16-49(59)56-41-47(28-31-62(56)73)74-60-22-10-5-19-54(60)69-63(74)32-29-52-53-30-33-64-70(72(53)78-71(52)69)55-20-6-11-23-61(55)75(64)48-37-44(42-26-34-67-57(39-42)50-17-7-12-24-65(50)76-67)36-45(38-48)43-27-35-68-58(40-43)51-18-8-13-25-66(51)77-68/h1-41H. The fourth-order valence-corrected chi connectivity index (χ4v) is 13.2.